The van der Waals surface area contributed by atoms with Gasteiger partial charge in [-0.15, -0.1) is 0 Å². The Kier molecular flexibility index (Phi) is 9.63. The molecule has 0 amide bonds. The van der Waals surface area contributed by atoms with E-state index >= 15 is 0 Å². The van der Waals surface area contributed by atoms with E-state index in [1.54, 1.807) is 0 Å². The number of rotatable bonds is 11. The van der Waals surface area contributed by atoms with Gasteiger partial charge in [-0.3, -0.25) is 0 Å². The van der Waals surface area contributed by atoms with Gasteiger partial charge in [-0.05, 0) is 68.2 Å². The zero-order valence-electron chi connectivity index (χ0n) is 16.1. The van der Waals surface area contributed by atoms with Gasteiger partial charge in [0.15, 0.2) is 0 Å². The van der Waals surface area contributed by atoms with Gasteiger partial charge in [0.25, 0.3) is 0 Å². The quantitative estimate of drug-likeness (QED) is 0.437. The summed E-state index contributed by atoms with van der Waals surface area (Å²) in [4.78, 5) is 2.41. The Bertz CT molecular complexity index is 687. The van der Waals surface area contributed by atoms with Crippen LogP contribution in [0.15, 0.2) is 46.9 Å². The molecule has 0 aliphatic heterocycles. The van der Waals surface area contributed by atoms with Crippen LogP contribution in [0.1, 0.15) is 50.3 Å². The van der Waals surface area contributed by atoms with E-state index in [9.17, 15) is 5.11 Å². The number of hydrogen-bond acceptors (Lipinski definition) is 3. The van der Waals surface area contributed by atoms with Crippen molar-refractivity contribution in [3.05, 3.63) is 63.1 Å². The molecule has 27 heavy (non-hydrogen) atoms. The molecule has 2 aromatic rings. The Morgan fingerprint density at radius 3 is 2.33 bits per heavy atom. The minimum atomic E-state index is -0.557. The smallest absolute Gasteiger partial charge is 0.125 e. The summed E-state index contributed by atoms with van der Waals surface area (Å²) in [6.45, 7) is 7.84. The van der Waals surface area contributed by atoms with Crippen molar-refractivity contribution in [2.24, 2.45) is 0 Å². The van der Waals surface area contributed by atoms with Gasteiger partial charge in [0.1, 0.15) is 12.4 Å². The topological polar surface area (TPSA) is 32.7 Å². The standard InChI is InChI=1S/C22H29BrClNO2/c1-3-12-25(13-4-2)14-11-21(26)20-15-18(23)7-10-22(20)27-16-17-5-8-19(24)9-6-17/h5-10,15,21,26H,3-4,11-14,16H2,1-2H3. The summed E-state index contributed by atoms with van der Waals surface area (Å²) in [7, 11) is 0. The summed E-state index contributed by atoms with van der Waals surface area (Å²) in [5.74, 6) is 0.721. The molecule has 5 heteroatoms. The fraction of sp³-hybridized carbons (Fsp3) is 0.455. The number of halogens is 2. The van der Waals surface area contributed by atoms with Gasteiger partial charge in [0, 0.05) is 21.6 Å². The van der Waals surface area contributed by atoms with Crippen LogP contribution in [0.4, 0.5) is 0 Å². The second-order valence-electron chi connectivity index (χ2n) is 6.74. The van der Waals surface area contributed by atoms with Gasteiger partial charge in [0.2, 0.25) is 0 Å². The van der Waals surface area contributed by atoms with Gasteiger partial charge >= 0.3 is 0 Å². The fourth-order valence-electron chi connectivity index (χ4n) is 3.08. The van der Waals surface area contributed by atoms with Crippen LogP contribution >= 0.6 is 27.5 Å². The van der Waals surface area contributed by atoms with Gasteiger partial charge < -0.3 is 14.7 Å². The van der Waals surface area contributed by atoms with E-state index in [-0.39, 0.29) is 0 Å². The van der Waals surface area contributed by atoms with Crippen molar-refractivity contribution in [1.29, 1.82) is 0 Å². The molecule has 1 unspecified atom stereocenters. The molecular weight excluding hydrogens is 426 g/mol. The van der Waals surface area contributed by atoms with E-state index in [1.165, 1.54) is 0 Å². The van der Waals surface area contributed by atoms with E-state index in [0.29, 0.717) is 18.1 Å². The van der Waals surface area contributed by atoms with Crippen molar-refractivity contribution in [3.63, 3.8) is 0 Å². The Morgan fingerprint density at radius 1 is 1.04 bits per heavy atom. The third-order valence-corrected chi connectivity index (χ3v) is 5.18. The van der Waals surface area contributed by atoms with Crippen molar-refractivity contribution in [2.45, 2.75) is 45.8 Å². The van der Waals surface area contributed by atoms with Crippen LogP contribution in [-0.4, -0.2) is 29.6 Å². The average molecular weight is 455 g/mol. The first kappa shape index (κ1) is 22.2. The van der Waals surface area contributed by atoms with Crippen LogP contribution in [0.25, 0.3) is 0 Å². The number of aliphatic hydroxyl groups is 1. The molecule has 1 atom stereocenters. The number of aliphatic hydroxyl groups excluding tert-OH is 1. The first-order valence-electron chi connectivity index (χ1n) is 9.60. The molecule has 2 aromatic carbocycles. The summed E-state index contributed by atoms with van der Waals surface area (Å²) >= 11 is 9.44. The molecule has 0 heterocycles. The van der Waals surface area contributed by atoms with Crippen LogP contribution in [0, 0.1) is 0 Å². The Morgan fingerprint density at radius 2 is 1.70 bits per heavy atom. The highest BCUT2D eigenvalue weighted by Crippen LogP contribution is 2.31. The molecule has 0 bridgehead atoms. The molecule has 0 spiro atoms. The van der Waals surface area contributed by atoms with E-state index in [0.717, 1.165) is 53.8 Å². The number of ether oxygens (including phenoxy) is 1. The number of nitrogens with zero attached hydrogens (tertiary/aromatic N) is 1. The monoisotopic (exact) mass is 453 g/mol. The van der Waals surface area contributed by atoms with Gasteiger partial charge in [0.05, 0.1) is 6.10 Å². The normalized spacial score (nSPS) is 12.4. The third-order valence-electron chi connectivity index (χ3n) is 4.44. The first-order chi connectivity index (χ1) is 13.0. The van der Waals surface area contributed by atoms with E-state index in [1.807, 2.05) is 42.5 Å². The molecule has 3 nitrogen and oxygen atoms in total. The SMILES string of the molecule is CCCN(CCC)CCC(O)c1cc(Br)ccc1OCc1ccc(Cl)cc1. The molecule has 0 radical (unpaired) electrons. The summed E-state index contributed by atoms with van der Waals surface area (Å²) in [5.41, 5.74) is 1.87. The molecule has 0 saturated carbocycles. The maximum Gasteiger partial charge on any atom is 0.125 e. The predicted octanol–water partition coefficient (Wildman–Crippen LogP) is 6.23. The van der Waals surface area contributed by atoms with Crippen LogP contribution < -0.4 is 4.74 Å². The lowest BCUT2D eigenvalue weighted by atomic mass is 10.0. The molecule has 2 rings (SSSR count). The molecule has 1 N–H and O–H groups in total. The average Bonchev–Trinajstić information content (AvgIpc) is 2.66. The summed E-state index contributed by atoms with van der Waals surface area (Å²) in [5, 5.41) is 11.5. The highest BCUT2D eigenvalue weighted by atomic mass is 79.9. The predicted molar refractivity (Wildman–Crippen MR) is 117 cm³/mol. The minimum absolute atomic E-state index is 0.441. The lowest BCUT2D eigenvalue weighted by molar-refractivity contribution is 0.137. The van der Waals surface area contributed by atoms with E-state index in [2.05, 4.69) is 34.7 Å². The van der Waals surface area contributed by atoms with E-state index in [4.69, 9.17) is 16.3 Å². The minimum Gasteiger partial charge on any atom is -0.489 e. The number of hydrogen-bond donors (Lipinski definition) is 1. The lowest BCUT2D eigenvalue weighted by Crippen LogP contribution is -2.27. The van der Waals surface area contributed by atoms with Gasteiger partial charge in [-0.25, -0.2) is 0 Å². The van der Waals surface area contributed by atoms with E-state index < -0.39 is 6.10 Å². The van der Waals surface area contributed by atoms with Crippen LogP contribution in [0.2, 0.25) is 5.02 Å². The zero-order valence-corrected chi connectivity index (χ0v) is 18.5. The fourth-order valence-corrected chi connectivity index (χ4v) is 3.59. The highest BCUT2D eigenvalue weighted by Gasteiger charge is 2.16. The first-order valence-corrected chi connectivity index (χ1v) is 10.8. The van der Waals surface area contributed by atoms with Crippen LogP contribution in [-0.2, 0) is 6.61 Å². The molecular formula is C22H29BrClNO2. The van der Waals surface area contributed by atoms with Crippen molar-refractivity contribution in [3.8, 4) is 5.75 Å². The molecule has 0 aliphatic rings. The molecule has 0 aromatic heterocycles. The van der Waals surface area contributed by atoms with Crippen molar-refractivity contribution in [2.75, 3.05) is 19.6 Å². The summed E-state index contributed by atoms with van der Waals surface area (Å²) < 4.78 is 6.94. The van der Waals surface area contributed by atoms with Gasteiger partial charge in [-0.2, -0.15) is 0 Å². The maximum atomic E-state index is 10.8. The van der Waals surface area contributed by atoms with Crippen molar-refractivity contribution in [1.82, 2.24) is 4.90 Å². The zero-order chi connectivity index (χ0) is 19.6. The van der Waals surface area contributed by atoms with Crippen LogP contribution in [0.3, 0.4) is 0 Å². The summed E-state index contributed by atoms with van der Waals surface area (Å²) in [6.07, 6.45) is 2.39. The molecule has 0 saturated heterocycles. The third kappa shape index (κ3) is 7.46. The van der Waals surface area contributed by atoms with Gasteiger partial charge in [-0.1, -0.05) is 53.5 Å². The second kappa shape index (κ2) is 11.7. The summed E-state index contributed by atoms with van der Waals surface area (Å²) in [6, 6.07) is 13.4. The number of benzene rings is 2. The van der Waals surface area contributed by atoms with Crippen LogP contribution in [0.5, 0.6) is 5.75 Å². The van der Waals surface area contributed by atoms with Crippen molar-refractivity contribution < 1.29 is 9.84 Å². The second-order valence-corrected chi connectivity index (χ2v) is 8.10. The lowest BCUT2D eigenvalue weighted by Gasteiger charge is -2.23. The molecule has 0 aliphatic carbocycles. The Hall–Kier alpha value is -1.07. The Labute approximate surface area is 176 Å². The molecule has 148 valence electrons. The highest BCUT2D eigenvalue weighted by molar-refractivity contribution is 9.10. The largest absolute Gasteiger partial charge is 0.489 e. The molecule has 0 fully saturated rings. The maximum absolute atomic E-state index is 10.8. The Balaban J connectivity index is 2.03. The van der Waals surface area contributed by atoms with Crippen molar-refractivity contribution >= 4 is 27.5 Å².